The molecule has 0 fully saturated rings. The van der Waals surface area contributed by atoms with E-state index in [1.807, 2.05) is 0 Å². The molecule has 0 atom stereocenters. The molecule has 0 saturated heterocycles. The topological polar surface area (TPSA) is 52.0 Å². The van der Waals surface area contributed by atoms with Gasteiger partial charge in [0.05, 0.1) is 0 Å². The van der Waals surface area contributed by atoms with Crippen molar-refractivity contribution in [3.63, 3.8) is 0 Å². The number of hydrogen-bond donors (Lipinski definition) is 0. The Morgan fingerprint density at radius 3 is 2.73 bits per heavy atom. The van der Waals surface area contributed by atoms with Crippen LogP contribution in [-0.2, 0) is 7.05 Å². The van der Waals surface area contributed by atoms with E-state index in [0.29, 0.717) is 0 Å². The number of aryl methyl sites for hydroxylation is 1. The van der Waals surface area contributed by atoms with E-state index in [1.165, 1.54) is 23.9 Å². The molecule has 1 heterocycles. The van der Waals surface area contributed by atoms with Crippen LogP contribution in [0.2, 0.25) is 0 Å². The highest BCUT2D eigenvalue weighted by Crippen LogP contribution is 1.84. The summed E-state index contributed by atoms with van der Waals surface area (Å²) in [5, 5.41) is 3.73. The van der Waals surface area contributed by atoms with Gasteiger partial charge in [0, 0.05) is 26.2 Å². The van der Waals surface area contributed by atoms with Gasteiger partial charge < -0.3 is 0 Å². The van der Waals surface area contributed by atoms with E-state index in [0.717, 1.165) is 0 Å². The van der Waals surface area contributed by atoms with Crippen molar-refractivity contribution < 1.29 is 4.79 Å². The first-order chi connectivity index (χ1) is 5.11. The Labute approximate surface area is 63.5 Å². The Balaban J connectivity index is 3.35. The summed E-state index contributed by atoms with van der Waals surface area (Å²) in [5.74, 6) is -0.300. The molecule has 0 unspecified atom stereocenters. The first-order valence-electron chi connectivity index (χ1n) is 3.16. The zero-order chi connectivity index (χ0) is 8.43. The first-order valence-corrected chi connectivity index (χ1v) is 3.16. The lowest BCUT2D eigenvalue weighted by Gasteiger charge is -1.96. The number of aromatic nitrogens is 2. The molecule has 58 valence electrons. The Kier molecular flexibility index (Phi) is 1.85. The maximum Gasteiger partial charge on any atom is 0.211 e. The van der Waals surface area contributed by atoms with Crippen LogP contribution in [0.4, 0.5) is 0 Å². The SMILES string of the molecule is CC(=O)c1nn(C)ccc1=O. The van der Waals surface area contributed by atoms with Gasteiger partial charge in [-0.3, -0.25) is 14.3 Å². The monoisotopic (exact) mass is 152 g/mol. The minimum atomic E-state index is -0.324. The molecule has 0 amide bonds. The van der Waals surface area contributed by atoms with Gasteiger partial charge in [-0.05, 0) is 0 Å². The normalized spacial score (nSPS) is 9.64. The fraction of sp³-hybridized carbons (Fsp3) is 0.286. The van der Waals surface area contributed by atoms with Gasteiger partial charge in [0.2, 0.25) is 5.43 Å². The molecule has 0 aliphatic carbocycles. The van der Waals surface area contributed by atoms with E-state index >= 15 is 0 Å². The molecule has 0 aliphatic heterocycles. The number of carbonyl (C=O) groups is 1. The quantitative estimate of drug-likeness (QED) is 0.531. The standard InChI is InChI=1S/C7H8N2O2/c1-5(10)7-6(11)3-4-9(2)8-7/h3-4H,1-2H3. The van der Waals surface area contributed by atoms with E-state index in [4.69, 9.17) is 0 Å². The van der Waals surface area contributed by atoms with Gasteiger partial charge in [0.25, 0.3) is 0 Å². The zero-order valence-electron chi connectivity index (χ0n) is 6.37. The lowest BCUT2D eigenvalue weighted by molar-refractivity contribution is 0.101. The predicted molar refractivity (Wildman–Crippen MR) is 39.5 cm³/mol. The van der Waals surface area contributed by atoms with Crippen molar-refractivity contribution in [1.29, 1.82) is 0 Å². The summed E-state index contributed by atoms with van der Waals surface area (Å²) in [6.45, 7) is 1.32. The lowest BCUT2D eigenvalue weighted by Crippen LogP contribution is -2.18. The second-order valence-corrected chi connectivity index (χ2v) is 2.26. The zero-order valence-corrected chi connectivity index (χ0v) is 6.37. The van der Waals surface area contributed by atoms with Crippen LogP contribution in [0.15, 0.2) is 17.1 Å². The molecule has 11 heavy (non-hydrogen) atoms. The summed E-state index contributed by atoms with van der Waals surface area (Å²) < 4.78 is 1.43. The van der Waals surface area contributed by atoms with Crippen LogP contribution < -0.4 is 5.43 Å². The van der Waals surface area contributed by atoms with Gasteiger partial charge in [-0.25, -0.2) is 0 Å². The van der Waals surface area contributed by atoms with Gasteiger partial charge in [-0.15, -0.1) is 0 Å². The highest BCUT2D eigenvalue weighted by Gasteiger charge is 2.05. The molecule has 0 aliphatic rings. The molecule has 1 aromatic rings. The van der Waals surface area contributed by atoms with E-state index in [2.05, 4.69) is 5.10 Å². The molecule has 1 rings (SSSR count). The minimum absolute atomic E-state index is 0.00463. The molecule has 0 saturated carbocycles. The highest BCUT2D eigenvalue weighted by atomic mass is 16.1. The Morgan fingerprint density at radius 2 is 2.27 bits per heavy atom. The van der Waals surface area contributed by atoms with Gasteiger partial charge in [0.15, 0.2) is 11.5 Å². The smallest absolute Gasteiger partial charge is 0.211 e. The van der Waals surface area contributed by atoms with Crippen molar-refractivity contribution in [2.75, 3.05) is 0 Å². The Hall–Kier alpha value is -1.45. The average molecular weight is 152 g/mol. The summed E-state index contributed by atoms with van der Waals surface area (Å²) in [7, 11) is 1.66. The fourth-order valence-corrected chi connectivity index (χ4v) is 0.739. The molecule has 0 N–H and O–H groups in total. The van der Waals surface area contributed by atoms with Gasteiger partial charge in [-0.2, -0.15) is 5.10 Å². The Bertz CT molecular complexity index is 341. The third-order valence-corrected chi connectivity index (χ3v) is 1.27. The van der Waals surface area contributed by atoms with Crippen molar-refractivity contribution in [1.82, 2.24) is 9.78 Å². The molecular formula is C7H8N2O2. The van der Waals surface area contributed by atoms with Crippen LogP contribution in [0.5, 0.6) is 0 Å². The van der Waals surface area contributed by atoms with Crippen LogP contribution in [0.3, 0.4) is 0 Å². The van der Waals surface area contributed by atoms with E-state index < -0.39 is 0 Å². The fourth-order valence-electron chi connectivity index (χ4n) is 0.739. The third-order valence-electron chi connectivity index (χ3n) is 1.27. The number of ketones is 1. The molecule has 1 aromatic heterocycles. The summed E-state index contributed by atoms with van der Waals surface area (Å²) in [6.07, 6.45) is 1.51. The molecule has 0 spiro atoms. The van der Waals surface area contributed by atoms with Crippen molar-refractivity contribution in [2.45, 2.75) is 6.92 Å². The number of nitrogens with zero attached hydrogens (tertiary/aromatic N) is 2. The van der Waals surface area contributed by atoms with Crippen LogP contribution in [-0.4, -0.2) is 15.6 Å². The number of hydrogen-bond acceptors (Lipinski definition) is 3. The largest absolute Gasteiger partial charge is 0.293 e. The predicted octanol–water partition coefficient (Wildman–Crippen LogP) is -0.0171. The van der Waals surface area contributed by atoms with Gasteiger partial charge in [0.1, 0.15) is 0 Å². The Morgan fingerprint density at radius 1 is 1.64 bits per heavy atom. The maximum atomic E-state index is 10.9. The van der Waals surface area contributed by atoms with E-state index in [1.54, 1.807) is 7.05 Å². The van der Waals surface area contributed by atoms with Gasteiger partial charge >= 0.3 is 0 Å². The average Bonchev–Trinajstić information content (AvgIpc) is 1.94. The molecule has 4 heteroatoms. The van der Waals surface area contributed by atoms with Crippen LogP contribution in [0.1, 0.15) is 17.4 Å². The second-order valence-electron chi connectivity index (χ2n) is 2.26. The minimum Gasteiger partial charge on any atom is -0.293 e. The van der Waals surface area contributed by atoms with E-state index in [-0.39, 0.29) is 16.9 Å². The van der Waals surface area contributed by atoms with Crippen molar-refractivity contribution in [3.8, 4) is 0 Å². The van der Waals surface area contributed by atoms with Gasteiger partial charge in [-0.1, -0.05) is 0 Å². The first kappa shape index (κ1) is 7.65. The summed E-state index contributed by atoms with van der Waals surface area (Å²) >= 11 is 0. The van der Waals surface area contributed by atoms with Crippen LogP contribution in [0.25, 0.3) is 0 Å². The molecule has 0 radical (unpaired) electrons. The molecule has 4 nitrogen and oxygen atoms in total. The maximum absolute atomic E-state index is 10.9. The van der Waals surface area contributed by atoms with Crippen LogP contribution >= 0.6 is 0 Å². The lowest BCUT2D eigenvalue weighted by atomic mass is 10.3. The number of carbonyl (C=O) groups excluding carboxylic acids is 1. The van der Waals surface area contributed by atoms with Crippen molar-refractivity contribution in [2.24, 2.45) is 7.05 Å². The molecular weight excluding hydrogens is 144 g/mol. The molecule has 0 aromatic carbocycles. The van der Waals surface area contributed by atoms with Crippen molar-refractivity contribution in [3.05, 3.63) is 28.2 Å². The van der Waals surface area contributed by atoms with Crippen molar-refractivity contribution >= 4 is 5.78 Å². The summed E-state index contributed by atoms with van der Waals surface area (Å²) in [5.41, 5.74) is -0.328. The highest BCUT2D eigenvalue weighted by molar-refractivity contribution is 5.91. The third kappa shape index (κ3) is 1.52. The number of Topliss-reactive ketones (excluding diaryl/α,β-unsaturated/α-hetero) is 1. The summed E-state index contributed by atoms with van der Waals surface area (Å²) in [6, 6.07) is 1.32. The summed E-state index contributed by atoms with van der Waals surface area (Å²) in [4.78, 5) is 21.7. The molecule has 0 bridgehead atoms. The number of rotatable bonds is 1. The van der Waals surface area contributed by atoms with E-state index in [9.17, 15) is 9.59 Å². The van der Waals surface area contributed by atoms with Crippen LogP contribution in [0, 0.1) is 0 Å². The second kappa shape index (κ2) is 2.65.